The van der Waals surface area contributed by atoms with Crippen LogP contribution in [0.4, 0.5) is 5.69 Å². The Kier molecular flexibility index (Phi) is 6.83. The summed E-state index contributed by atoms with van der Waals surface area (Å²) in [7, 11) is 0. The van der Waals surface area contributed by atoms with Gasteiger partial charge in [-0.15, -0.1) is 0 Å². The molecule has 0 saturated heterocycles. The van der Waals surface area contributed by atoms with Crippen molar-refractivity contribution in [3.63, 3.8) is 0 Å². The maximum atomic E-state index is 13.3. The highest BCUT2D eigenvalue weighted by Crippen LogP contribution is 2.23. The highest BCUT2D eigenvalue weighted by molar-refractivity contribution is 5.97. The number of hydrogen-bond acceptors (Lipinski definition) is 3. The van der Waals surface area contributed by atoms with E-state index in [0.29, 0.717) is 6.54 Å². The van der Waals surface area contributed by atoms with Gasteiger partial charge in [-0.2, -0.15) is 0 Å². The molecular weight excluding hydrogens is 374 g/mol. The van der Waals surface area contributed by atoms with Gasteiger partial charge in [-0.05, 0) is 56.5 Å². The van der Waals surface area contributed by atoms with E-state index in [0.717, 1.165) is 39.8 Å². The van der Waals surface area contributed by atoms with Gasteiger partial charge in [0, 0.05) is 23.3 Å². The van der Waals surface area contributed by atoms with E-state index in [4.69, 9.17) is 0 Å². The lowest BCUT2D eigenvalue weighted by atomic mass is 9.98. The third-order valence-electron chi connectivity index (χ3n) is 5.49. The molecule has 2 aromatic carbocycles. The lowest BCUT2D eigenvalue weighted by Crippen LogP contribution is -2.46. The molecule has 0 aliphatic carbocycles. The van der Waals surface area contributed by atoms with Crippen LogP contribution < -0.4 is 5.32 Å². The first kappa shape index (κ1) is 21.5. The zero-order valence-electron chi connectivity index (χ0n) is 18.1. The van der Waals surface area contributed by atoms with Gasteiger partial charge in [0.05, 0.1) is 11.9 Å². The lowest BCUT2D eigenvalue weighted by molar-refractivity contribution is -0.137. The number of carbonyl (C=O) groups is 2. The SMILES string of the molecule is CCCN(C(=O)Cc1c(C)nc2ccccc2c1C)C(C)C(=O)Nc1ccccc1. The number of aromatic nitrogens is 1. The molecule has 3 aromatic rings. The van der Waals surface area contributed by atoms with Crippen molar-refractivity contribution in [3.05, 3.63) is 71.4 Å². The van der Waals surface area contributed by atoms with E-state index in [1.807, 2.05) is 75.4 Å². The van der Waals surface area contributed by atoms with Crippen molar-refractivity contribution in [2.24, 2.45) is 0 Å². The van der Waals surface area contributed by atoms with Crippen LogP contribution in [0.25, 0.3) is 10.9 Å². The van der Waals surface area contributed by atoms with Crippen LogP contribution in [-0.2, 0) is 16.0 Å². The minimum atomic E-state index is -0.563. The van der Waals surface area contributed by atoms with Crippen molar-refractivity contribution >= 4 is 28.4 Å². The van der Waals surface area contributed by atoms with E-state index < -0.39 is 6.04 Å². The molecule has 0 saturated carbocycles. The van der Waals surface area contributed by atoms with Gasteiger partial charge in [-0.3, -0.25) is 14.6 Å². The molecule has 1 aromatic heterocycles. The number of anilines is 1. The van der Waals surface area contributed by atoms with Gasteiger partial charge in [-0.25, -0.2) is 0 Å². The highest BCUT2D eigenvalue weighted by atomic mass is 16.2. The van der Waals surface area contributed by atoms with Crippen molar-refractivity contribution in [2.45, 2.75) is 46.6 Å². The summed E-state index contributed by atoms with van der Waals surface area (Å²) in [5.74, 6) is -0.246. The van der Waals surface area contributed by atoms with Crippen LogP contribution in [0.1, 0.15) is 37.1 Å². The smallest absolute Gasteiger partial charge is 0.246 e. The van der Waals surface area contributed by atoms with E-state index in [9.17, 15) is 9.59 Å². The fourth-order valence-corrected chi connectivity index (χ4v) is 3.77. The normalized spacial score (nSPS) is 11.9. The maximum Gasteiger partial charge on any atom is 0.246 e. The second kappa shape index (κ2) is 9.53. The van der Waals surface area contributed by atoms with Gasteiger partial charge >= 0.3 is 0 Å². The van der Waals surface area contributed by atoms with Crippen LogP contribution in [-0.4, -0.2) is 34.3 Å². The molecule has 30 heavy (non-hydrogen) atoms. The average Bonchev–Trinajstić information content (AvgIpc) is 2.75. The summed E-state index contributed by atoms with van der Waals surface area (Å²) in [6, 6.07) is 16.7. The fourth-order valence-electron chi connectivity index (χ4n) is 3.77. The number of aryl methyl sites for hydroxylation is 2. The molecule has 1 N–H and O–H groups in total. The van der Waals surface area contributed by atoms with E-state index in [1.165, 1.54) is 0 Å². The topological polar surface area (TPSA) is 62.3 Å². The second-order valence-electron chi connectivity index (χ2n) is 7.61. The quantitative estimate of drug-likeness (QED) is 0.624. The summed E-state index contributed by atoms with van der Waals surface area (Å²) >= 11 is 0. The maximum absolute atomic E-state index is 13.3. The first-order valence-corrected chi connectivity index (χ1v) is 10.4. The number of para-hydroxylation sites is 2. The summed E-state index contributed by atoms with van der Waals surface area (Å²) < 4.78 is 0. The highest BCUT2D eigenvalue weighted by Gasteiger charge is 2.26. The molecule has 0 spiro atoms. The number of nitrogens with zero attached hydrogens (tertiary/aromatic N) is 2. The number of fused-ring (bicyclic) bond motifs is 1. The molecule has 156 valence electrons. The molecule has 5 heteroatoms. The Hall–Kier alpha value is -3.21. The Morgan fingerprint density at radius 2 is 1.70 bits per heavy atom. The molecule has 3 rings (SSSR count). The Balaban J connectivity index is 1.82. The monoisotopic (exact) mass is 403 g/mol. The predicted molar refractivity (Wildman–Crippen MR) is 121 cm³/mol. The van der Waals surface area contributed by atoms with Gasteiger partial charge in [0.25, 0.3) is 0 Å². The summed E-state index contributed by atoms with van der Waals surface area (Å²) in [5.41, 5.74) is 4.53. The van der Waals surface area contributed by atoms with Crippen LogP contribution in [0.2, 0.25) is 0 Å². The summed E-state index contributed by atoms with van der Waals surface area (Å²) in [4.78, 5) is 32.4. The Bertz CT molecular complexity index is 1050. The van der Waals surface area contributed by atoms with Crippen molar-refractivity contribution in [1.82, 2.24) is 9.88 Å². The van der Waals surface area contributed by atoms with Crippen molar-refractivity contribution < 1.29 is 9.59 Å². The third-order valence-corrected chi connectivity index (χ3v) is 5.49. The Morgan fingerprint density at radius 1 is 1.03 bits per heavy atom. The van der Waals surface area contributed by atoms with Crippen LogP contribution >= 0.6 is 0 Å². The number of hydrogen-bond donors (Lipinski definition) is 1. The molecule has 0 radical (unpaired) electrons. The van der Waals surface area contributed by atoms with Gasteiger partial charge in [0.1, 0.15) is 6.04 Å². The summed E-state index contributed by atoms with van der Waals surface area (Å²) in [5, 5.41) is 3.96. The Labute approximate surface area is 178 Å². The average molecular weight is 404 g/mol. The predicted octanol–water partition coefficient (Wildman–Crippen LogP) is 4.66. The minimum Gasteiger partial charge on any atom is -0.331 e. The van der Waals surface area contributed by atoms with E-state index in [-0.39, 0.29) is 18.2 Å². The molecule has 0 aliphatic rings. The van der Waals surface area contributed by atoms with Crippen molar-refractivity contribution in [1.29, 1.82) is 0 Å². The molecule has 5 nitrogen and oxygen atoms in total. The van der Waals surface area contributed by atoms with Gasteiger partial charge in [0.15, 0.2) is 0 Å². The molecule has 1 unspecified atom stereocenters. The largest absolute Gasteiger partial charge is 0.331 e. The number of pyridine rings is 1. The number of carbonyl (C=O) groups excluding carboxylic acids is 2. The molecule has 1 atom stereocenters. The van der Waals surface area contributed by atoms with Crippen LogP contribution in [0.5, 0.6) is 0 Å². The Morgan fingerprint density at radius 3 is 2.40 bits per heavy atom. The van der Waals surface area contributed by atoms with Crippen molar-refractivity contribution in [2.75, 3.05) is 11.9 Å². The number of rotatable bonds is 7. The van der Waals surface area contributed by atoms with Gasteiger partial charge in [0.2, 0.25) is 11.8 Å². The zero-order chi connectivity index (χ0) is 21.7. The minimum absolute atomic E-state index is 0.0594. The number of benzene rings is 2. The third kappa shape index (κ3) is 4.67. The lowest BCUT2D eigenvalue weighted by Gasteiger charge is -2.29. The number of nitrogens with one attached hydrogen (secondary N) is 1. The molecule has 0 bridgehead atoms. The van der Waals surface area contributed by atoms with Crippen LogP contribution in [0.3, 0.4) is 0 Å². The van der Waals surface area contributed by atoms with Gasteiger partial charge < -0.3 is 10.2 Å². The van der Waals surface area contributed by atoms with Crippen LogP contribution in [0, 0.1) is 13.8 Å². The standard InChI is InChI=1S/C25H29N3O2/c1-5-15-28(19(4)25(30)27-20-11-7-6-8-12-20)24(29)16-22-17(2)21-13-9-10-14-23(21)26-18(22)3/h6-14,19H,5,15-16H2,1-4H3,(H,27,30). The summed E-state index contributed by atoms with van der Waals surface area (Å²) in [6.45, 7) is 8.30. The second-order valence-corrected chi connectivity index (χ2v) is 7.61. The molecular formula is C25H29N3O2. The van der Waals surface area contributed by atoms with E-state index in [2.05, 4.69) is 10.3 Å². The molecule has 0 aliphatic heterocycles. The van der Waals surface area contributed by atoms with Gasteiger partial charge in [-0.1, -0.05) is 43.3 Å². The summed E-state index contributed by atoms with van der Waals surface area (Å²) in [6.07, 6.45) is 1.01. The van der Waals surface area contributed by atoms with E-state index in [1.54, 1.807) is 11.8 Å². The van der Waals surface area contributed by atoms with Crippen LogP contribution in [0.15, 0.2) is 54.6 Å². The first-order valence-electron chi connectivity index (χ1n) is 10.4. The molecule has 1 heterocycles. The number of amides is 2. The fraction of sp³-hybridized carbons (Fsp3) is 0.320. The first-order chi connectivity index (χ1) is 14.4. The van der Waals surface area contributed by atoms with Crippen molar-refractivity contribution in [3.8, 4) is 0 Å². The molecule has 2 amide bonds. The zero-order valence-corrected chi connectivity index (χ0v) is 18.1. The van der Waals surface area contributed by atoms with E-state index >= 15 is 0 Å². The molecule has 0 fully saturated rings.